The second-order valence-corrected chi connectivity index (χ2v) is 7.34. The van der Waals surface area contributed by atoms with E-state index in [9.17, 15) is 4.79 Å². The van der Waals surface area contributed by atoms with Crippen LogP contribution in [0.5, 0.6) is 5.75 Å². The van der Waals surface area contributed by atoms with Crippen LogP contribution in [0.4, 0.5) is 5.69 Å². The molecule has 1 fully saturated rings. The monoisotopic (exact) mass is 387 g/mol. The van der Waals surface area contributed by atoms with Crippen molar-refractivity contribution in [1.29, 1.82) is 0 Å². The second-order valence-electron chi connectivity index (χ2n) is 6.93. The van der Waals surface area contributed by atoms with Crippen molar-refractivity contribution >= 4 is 23.2 Å². The van der Waals surface area contributed by atoms with Gasteiger partial charge in [-0.3, -0.25) is 9.69 Å². The van der Waals surface area contributed by atoms with E-state index < -0.39 is 5.91 Å². The number of halogens is 1. The number of carbonyl (C=O) groups is 1. The van der Waals surface area contributed by atoms with Gasteiger partial charge in [0.15, 0.2) is 0 Å². The highest BCUT2D eigenvalue weighted by atomic mass is 35.5. The minimum Gasteiger partial charge on any atom is -0.496 e. The third kappa shape index (κ3) is 3.75. The zero-order chi connectivity index (χ0) is 19.6. The predicted octanol–water partition coefficient (Wildman–Crippen LogP) is 3.87. The molecule has 0 saturated carbocycles. The number of nitrogens with zero attached hydrogens (tertiary/aromatic N) is 1. The Morgan fingerprint density at radius 3 is 2.67 bits per heavy atom. The molecule has 0 unspecified atom stereocenters. The maximum Gasteiger partial charge on any atom is 0.252 e. The molecule has 0 aromatic heterocycles. The van der Waals surface area contributed by atoms with E-state index in [0.29, 0.717) is 16.3 Å². The number of benzene rings is 2. The molecule has 1 amide bonds. The summed E-state index contributed by atoms with van der Waals surface area (Å²) < 4.78 is 5.63. The maximum atomic E-state index is 11.9. The van der Waals surface area contributed by atoms with Crippen LogP contribution < -0.4 is 15.8 Å². The fourth-order valence-electron chi connectivity index (χ4n) is 4.09. The summed E-state index contributed by atoms with van der Waals surface area (Å²) in [6, 6.07) is 12.3. The van der Waals surface area contributed by atoms with Crippen molar-refractivity contribution in [2.45, 2.75) is 31.8 Å². The van der Waals surface area contributed by atoms with Crippen LogP contribution in [-0.2, 0) is 6.54 Å². The molecule has 0 radical (unpaired) electrons. The molecule has 2 aromatic carbocycles. The molecule has 2 atom stereocenters. The summed E-state index contributed by atoms with van der Waals surface area (Å²) in [5.41, 5.74) is 8.92. The second kappa shape index (κ2) is 8.19. The first-order valence-electron chi connectivity index (χ1n) is 9.13. The summed E-state index contributed by atoms with van der Waals surface area (Å²) >= 11 is 6.46. The van der Waals surface area contributed by atoms with Gasteiger partial charge in [-0.05, 0) is 31.5 Å². The molecule has 0 bridgehead atoms. The molecule has 0 aliphatic carbocycles. The lowest BCUT2D eigenvalue weighted by Crippen LogP contribution is -2.29. The summed E-state index contributed by atoms with van der Waals surface area (Å²) in [4.78, 5) is 14.4. The van der Waals surface area contributed by atoms with E-state index in [2.05, 4.69) is 41.4 Å². The normalized spacial score (nSPS) is 19.9. The van der Waals surface area contributed by atoms with Crippen molar-refractivity contribution in [2.24, 2.45) is 5.73 Å². The molecule has 2 aromatic rings. The number of nitrogens with two attached hydrogens (primary N) is 1. The van der Waals surface area contributed by atoms with Crippen molar-refractivity contribution in [2.75, 3.05) is 26.0 Å². The summed E-state index contributed by atoms with van der Waals surface area (Å²) in [7, 11) is 3.40. The Balaban J connectivity index is 1.99. The number of nitrogens with one attached hydrogen (secondary N) is 1. The van der Waals surface area contributed by atoms with E-state index in [1.54, 1.807) is 13.2 Å². The standard InChI is InChI=1S/C21H26ClN3O2/c1-13-15(9-10-25(13)12-14-7-5-4-6-8-14)18-19(24-2)17(22)11-16(21(23)26)20(18)27-3/h4-8,11,13,15,24H,9-10,12H2,1-3H3,(H2,23,26)/t13-,15+/m0/s1. The number of carbonyl (C=O) groups excluding carboxylic acids is 1. The van der Waals surface area contributed by atoms with Crippen molar-refractivity contribution in [3.63, 3.8) is 0 Å². The van der Waals surface area contributed by atoms with E-state index in [4.69, 9.17) is 22.1 Å². The Morgan fingerprint density at radius 2 is 2.07 bits per heavy atom. The molecular formula is C21H26ClN3O2. The smallest absolute Gasteiger partial charge is 0.252 e. The first-order chi connectivity index (χ1) is 13.0. The van der Waals surface area contributed by atoms with Crippen molar-refractivity contribution in [3.05, 3.63) is 58.1 Å². The highest BCUT2D eigenvalue weighted by Gasteiger charge is 2.36. The van der Waals surface area contributed by atoms with E-state index >= 15 is 0 Å². The molecular weight excluding hydrogens is 362 g/mol. The van der Waals surface area contributed by atoms with Crippen molar-refractivity contribution in [1.82, 2.24) is 4.90 Å². The van der Waals surface area contributed by atoms with Crippen LogP contribution in [0.1, 0.15) is 40.7 Å². The first-order valence-corrected chi connectivity index (χ1v) is 9.51. The van der Waals surface area contributed by atoms with E-state index in [1.165, 1.54) is 5.56 Å². The topological polar surface area (TPSA) is 67.6 Å². The van der Waals surface area contributed by atoms with E-state index in [0.717, 1.165) is 30.8 Å². The number of methoxy groups -OCH3 is 1. The van der Waals surface area contributed by atoms with Gasteiger partial charge in [0.25, 0.3) is 5.91 Å². The van der Waals surface area contributed by atoms with Gasteiger partial charge in [-0.1, -0.05) is 41.9 Å². The van der Waals surface area contributed by atoms with Gasteiger partial charge in [0, 0.05) is 31.1 Å². The van der Waals surface area contributed by atoms with Crippen LogP contribution in [0, 0.1) is 0 Å². The Kier molecular flexibility index (Phi) is 5.92. The van der Waals surface area contributed by atoms with Crippen LogP contribution >= 0.6 is 11.6 Å². The van der Waals surface area contributed by atoms with Gasteiger partial charge >= 0.3 is 0 Å². The quantitative estimate of drug-likeness (QED) is 0.789. The zero-order valence-electron chi connectivity index (χ0n) is 16.0. The van der Waals surface area contributed by atoms with Gasteiger partial charge in [0.1, 0.15) is 5.75 Å². The Labute approximate surface area is 165 Å². The molecule has 5 nitrogen and oxygen atoms in total. The van der Waals surface area contributed by atoms with Gasteiger partial charge in [0.2, 0.25) is 0 Å². The average Bonchev–Trinajstić information content (AvgIpc) is 3.01. The molecule has 3 N–H and O–H groups in total. The lowest BCUT2D eigenvalue weighted by Gasteiger charge is -2.28. The van der Waals surface area contributed by atoms with Crippen LogP contribution in [0.25, 0.3) is 0 Å². The third-order valence-corrected chi connectivity index (χ3v) is 5.77. The van der Waals surface area contributed by atoms with Gasteiger partial charge in [-0.2, -0.15) is 0 Å². The molecule has 1 aliphatic heterocycles. The Bertz CT molecular complexity index is 826. The molecule has 144 valence electrons. The van der Waals surface area contributed by atoms with Gasteiger partial charge in [-0.25, -0.2) is 0 Å². The van der Waals surface area contributed by atoms with Gasteiger partial charge in [-0.15, -0.1) is 0 Å². The highest BCUT2D eigenvalue weighted by molar-refractivity contribution is 6.34. The largest absolute Gasteiger partial charge is 0.496 e. The van der Waals surface area contributed by atoms with Crippen LogP contribution in [-0.4, -0.2) is 37.6 Å². The number of anilines is 1. The number of ether oxygens (including phenoxy) is 1. The minimum atomic E-state index is -0.538. The van der Waals surface area contributed by atoms with E-state index in [-0.39, 0.29) is 12.0 Å². The lowest BCUT2D eigenvalue weighted by molar-refractivity contribution is 0.0997. The molecule has 1 heterocycles. The third-order valence-electron chi connectivity index (χ3n) is 5.47. The minimum absolute atomic E-state index is 0.183. The van der Waals surface area contributed by atoms with E-state index in [1.807, 2.05) is 13.1 Å². The number of hydrogen-bond acceptors (Lipinski definition) is 4. The summed E-state index contributed by atoms with van der Waals surface area (Å²) in [6.45, 7) is 4.06. The fourth-order valence-corrected chi connectivity index (χ4v) is 4.40. The zero-order valence-corrected chi connectivity index (χ0v) is 16.7. The van der Waals surface area contributed by atoms with Gasteiger partial charge < -0.3 is 15.8 Å². The lowest BCUT2D eigenvalue weighted by atomic mass is 9.88. The van der Waals surface area contributed by atoms with Crippen molar-refractivity contribution in [3.8, 4) is 5.75 Å². The first kappa shape index (κ1) is 19.5. The predicted molar refractivity (Wildman–Crippen MR) is 110 cm³/mol. The highest BCUT2D eigenvalue weighted by Crippen LogP contribution is 2.46. The molecule has 6 heteroatoms. The summed E-state index contributed by atoms with van der Waals surface area (Å²) in [5.74, 6) is 0.169. The number of primary amides is 1. The number of hydrogen-bond donors (Lipinski definition) is 2. The molecule has 1 aliphatic rings. The fraction of sp³-hybridized carbons (Fsp3) is 0.381. The van der Waals surface area contributed by atoms with Crippen LogP contribution in [0.15, 0.2) is 36.4 Å². The van der Waals surface area contributed by atoms with Crippen molar-refractivity contribution < 1.29 is 9.53 Å². The molecule has 0 spiro atoms. The molecule has 1 saturated heterocycles. The number of amides is 1. The summed E-state index contributed by atoms with van der Waals surface area (Å²) in [5, 5.41) is 3.67. The SMILES string of the molecule is CNc1c(Cl)cc(C(N)=O)c(OC)c1[C@@H]1CCN(Cc2ccccc2)[C@H]1C. The summed E-state index contributed by atoms with van der Waals surface area (Å²) in [6.07, 6.45) is 0.956. The molecule has 3 rings (SSSR count). The Morgan fingerprint density at radius 1 is 1.37 bits per heavy atom. The van der Waals surface area contributed by atoms with Gasteiger partial charge in [0.05, 0.1) is 23.4 Å². The Hall–Kier alpha value is -2.24. The van der Waals surface area contributed by atoms with Crippen LogP contribution in [0.2, 0.25) is 5.02 Å². The number of likely N-dealkylation sites (tertiary alicyclic amines) is 1. The average molecular weight is 388 g/mol. The number of rotatable bonds is 6. The molecule has 27 heavy (non-hydrogen) atoms. The van der Waals surface area contributed by atoms with Crippen LogP contribution in [0.3, 0.4) is 0 Å². The maximum absolute atomic E-state index is 11.9.